The second kappa shape index (κ2) is 5.48. The van der Waals surface area contributed by atoms with Crippen LogP contribution in [0.3, 0.4) is 0 Å². The SMILES string of the molecule is NC(=O)C1(NS(=O)(=O)c2ccc(Cl)nc2Cl)CCCC1. The van der Waals surface area contributed by atoms with Gasteiger partial charge in [-0.15, -0.1) is 0 Å². The highest BCUT2D eigenvalue weighted by Gasteiger charge is 2.43. The molecule has 1 amide bonds. The molecule has 3 N–H and O–H groups in total. The smallest absolute Gasteiger partial charge is 0.244 e. The summed E-state index contributed by atoms with van der Waals surface area (Å²) in [5.41, 5.74) is 4.10. The van der Waals surface area contributed by atoms with Gasteiger partial charge in [-0.3, -0.25) is 4.79 Å². The van der Waals surface area contributed by atoms with Crippen LogP contribution < -0.4 is 10.5 Å². The second-order valence-corrected chi connectivity index (χ2v) is 7.08. The lowest BCUT2D eigenvalue weighted by molar-refractivity contribution is -0.123. The van der Waals surface area contributed by atoms with Crippen LogP contribution in [0.4, 0.5) is 0 Å². The van der Waals surface area contributed by atoms with E-state index in [9.17, 15) is 13.2 Å². The highest BCUT2D eigenvalue weighted by molar-refractivity contribution is 7.89. The fraction of sp³-hybridized carbons (Fsp3) is 0.455. The lowest BCUT2D eigenvalue weighted by atomic mass is 9.99. The van der Waals surface area contributed by atoms with E-state index in [0.717, 1.165) is 12.8 Å². The van der Waals surface area contributed by atoms with Crippen LogP contribution in [0.5, 0.6) is 0 Å². The predicted molar refractivity (Wildman–Crippen MR) is 75.0 cm³/mol. The summed E-state index contributed by atoms with van der Waals surface area (Å²) < 4.78 is 27.1. The molecule has 1 aliphatic carbocycles. The van der Waals surface area contributed by atoms with Crippen molar-refractivity contribution in [1.29, 1.82) is 0 Å². The summed E-state index contributed by atoms with van der Waals surface area (Å²) in [5.74, 6) is -0.684. The van der Waals surface area contributed by atoms with Gasteiger partial charge in [0.1, 0.15) is 15.6 Å². The Bertz CT molecular complexity index is 642. The summed E-state index contributed by atoms with van der Waals surface area (Å²) in [4.78, 5) is 15.0. The maximum Gasteiger partial charge on any atom is 0.244 e. The normalized spacial score (nSPS) is 18.1. The van der Waals surface area contributed by atoms with E-state index in [1.165, 1.54) is 12.1 Å². The number of nitrogens with two attached hydrogens (primary N) is 1. The van der Waals surface area contributed by atoms with E-state index in [0.29, 0.717) is 12.8 Å². The fourth-order valence-corrected chi connectivity index (χ4v) is 4.38. The number of primary amides is 1. The van der Waals surface area contributed by atoms with Crippen LogP contribution in [-0.2, 0) is 14.8 Å². The Morgan fingerprint density at radius 3 is 2.40 bits per heavy atom. The molecule has 1 fully saturated rings. The Morgan fingerprint density at radius 1 is 1.30 bits per heavy atom. The molecule has 1 aromatic heterocycles. The zero-order valence-electron chi connectivity index (χ0n) is 10.4. The third kappa shape index (κ3) is 2.90. The second-order valence-electron chi connectivity index (χ2n) is 4.68. The van der Waals surface area contributed by atoms with E-state index in [2.05, 4.69) is 9.71 Å². The molecule has 9 heteroatoms. The maximum absolute atomic E-state index is 12.3. The lowest BCUT2D eigenvalue weighted by Crippen LogP contribution is -2.55. The zero-order chi connectivity index (χ0) is 15.0. The topological polar surface area (TPSA) is 102 Å². The molecule has 6 nitrogen and oxygen atoms in total. The van der Waals surface area contributed by atoms with Gasteiger partial charge >= 0.3 is 0 Å². The van der Waals surface area contributed by atoms with Gasteiger partial charge in [0.2, 0.25) is 15.9 Å². The predicted octanol–water partition coefficient (Wildman–Crippen LogP) is 1.46. The summed E-state index contributed by atoms with van der Waals surface area (Å²) in [6, 6.07) is 2.55. The molecule has 0 unspecified atom stereocenters. The first kappa shape index (κ1) is 15.5. The molecule has 0 aliphatic heterocycles. The van der Waals surface area contributed by atoms with Gasteiger partial charge in [0.25, 0.3) is 0 Å². The van der Waals surface area contributed by atoms with Crippen molar-refractivity contribution >= 4 is 39.1 Å². The van der Waals surface area contributed by atoms with Gasteiger partial charge in [-0.05, 0) is 25.0 Å². The van der Waals surface area contributed by atoms with E-state index in [-0.39, 0.29) is 15.2 Å². The van der Waals surface area contributed by atoms with Crippen LogP contribution in [-0.4, -0.2) is 24.8 Å². The van der Waals surface area contributed by atoms with Gasteiger partial charge in [-0.1, -0.05) is 36.0 Å². The summed E-state index contributed by atoms with van der Waals surface area (Å²) in [5, 5.41) is -0.165. The highest BCUT2D eigenvalue weighted by Crippen LogP contribution is 2.32. The maximum atomic E-state index is 12.3. The first-order chi connectivity index (χ1) is 9.27. The molecule has 110 valence electrons. The Morgan fingerprint density at radius 2 is 1.90 bits per heavy atom. The number of hydrogen-bond donors (Lipinski definition) is 2. The fourth-order valence-electron chi connectivity index (χ4n) is 2.29. The number of sulfonamides is 1. The third-order valence-corrected chi connectivity index (χ3v) is 5.51. The van der Waals surface area contributed by atoms with Crippen LogP contribution in [0, 0.1) is 0 Å². The van der Waals surface area contributed by atoms with Crippen molar-refractivity contribution < 1.29 is 13.2 Å². The molecule has 20 heavy (non-hydrogen) atoms. The molecule has 1 saturated carbocycles. The molecule has 0 saturated heterocycles. The number of pyridine rings is 1. The van der Waals surface area contributed by atoms with Crippen molar-refractivity contribution in [1.82, 2.24) is 9.71 Å². The minimum absolute atomic E-state index is 0.0828. The zero-order valence-corrected chi connectivity index (χ0v) is 12.7. The summed E-state index contributed by atoms with van der Waals surface area (Å²) in [6.07, 6.45) is 2.22. The monoisotopic (exact) mass is 337 g/mol. The molecule has 0 aromatic carbocycles. The average Bonchev–Trinajstić information content (AvgIpc) is 2.77. The van der Waals surface area contributed by atoms with Crippen molar-refractivity contribution in [3.8, 4) is 0 Å². The number of nitrogens with zero attached hydrogens (tertiary/aromatic N) is 1. The molecule has 2 rings (SSSR count). The van der Waals surface area contributed by atoms with Crippen molar-refractivity contribution in [2.45, 2.75) is 36.1 Å². The highest BCUT2D eigenvalue weighted by atomic mass is 35.5. The molecule has 1 aliphatic rings. The largest absolute Gasteiger partial charge is 0.368 e. The summed E-state index contributed by atoms with van der Waals surface area (Å²) in [7, 11) is -4.00. The third-order valence-electron chi connectivity index (χ3n) is 3.33. The summed E-state index contributed by atoms with van der Waals surface area (Å²) >= 11 is 11.4. The Labute approximate surface area is 126 Å². The van der Waals surface area contributed by atoms with Crippen LogP contribution in [0.25, 0.3) is 0 Å². The Balaban J connectivity index is 2.38. The molecule has 1 heterocycles. The molecule has 0 bridgehead atoms. The van der Waals surface area contributed by atoms with Gasteiger partial charge in [0.15, 0.2) is 5.15 Å². The minimum Gasteiger partial charge on any atom is -0.368 e. The van der Waals surface area contributed by atoms with Crippen LogP contribution in [0.1, 0.15) is 25.7 Å². The first-order valence-electron chi connectivity index (χ1n) is 5.93. The van der Waals surface area contributed by atoms with Gasteiger partial charge in [0, 0.05) is 0 Å². The van der Waals surface area contributed by atoms with E-state index < -0.39 is 21.5 Å². The van der Waals surface area contributed by atoms with E-state index in [1.54, 1.807) is 0 Å². The van der Waals surface area contributed by atoms with Crippen molar-refractivity contribution in [3.05, 3.63) is 22.4 Å². The van der Waals surface area contributed by atoms with Crippen LogP contribution >= 0.6 is 23.2 Å². The molecular formula is C11H13Cl2N3O3S. The summed E-state index contributed by atoms with van der Waals surface area (Å²) in [6.45, 7) is 0. The number of aromatic nitrogens is 1. The molecule has 0 atom stereocenters. The van der Waals surface area contributed by atoms with Gasteiger partial charge in [0.05, 0.1) is 0 Å². The lowest BCUT2D eigenvalue weighted by Gasteiger charge is -2.26. The van der Waals surface area contributed by atoms with Gasteiger partial charge in [-0.25, -0.2) is 13.4 Å². The van der Waals surface area contributed by atoms with Gasteiger partial charge in [-0.2, -0.15) is 4.72 Å². The molecular weight excluding hydrogens is 325 g/mol. The molecule has 1 aromatic rings. The number of halogens is 2. The number of nitrogens with one attached hydrogen (secondary N) is 1. The van der Waals surface area contributed by atoms with Crippen molar-refractivity contribution in [2.24, 2.45) is 5.73 Å². The van der Waals surface area contributed by atoms with E-state index >= 15 is 0 Å². The van der Waals surface area contributed by atoms with Crippen LogP contribution in [0.15, 0.2) is 17.0 Å². The average molecular weight is 338 g/mol. The Hall–Kier alpha value is -0.890. The number of hydrogen-bond acceptors (Lipinski definition) is 4. The molecule has 0 radical (unpaired) electrons. The van der Waals surface area contributed by atoms with E-state index in [4.69, 9.17) is 28.9 Å². The van der Waals surface area contributed by atoms with E-state index in [1.807, 2.05) is 0 Å². The number of carbonyl (C=O) groups is 1. The molecule has 0 spiro atoms. The standard InChI is InChI=1S/C11H13Cl2N3O3S/c12-8-4-3-7(9(13)15-8)20(18,19)16-11(10(14)17)5-1-2-6-11/h3-4,16H,1-2,5-6H2,(H2,14,17). The Kier molecular flexibility index (Phi) is 4.24. The first-order valence-corrected chi connectivity index (χ1v) is 8.17. The number of carbonyl (C=O) groups excluding carboxylic acids is 1. The minimum atomic E-state index is -4.00. The number of amides is 1. The van der Waals surface area contributed by atoms with Gasteiger partial charge < -0.3 is 5.73 Å². The number of rotatable bonds is 4. The van der Waals surface area contributed by atoms with Crippen LogP contribution in [0.2, 0.25) is 10.3 Å². The quantitative estimate of drug-likeness (QED) is 0.812. The van der Waals surface area contributed by atoms with Crippen molar-refractivity contribution in [2.75, 3.05) is 0 Å². The van der Waals surface area contributed by atoms with Crippen molar-refractivity contribution in [3.63, 3.8) is 0 Å².